The fourth-order valence-corrected chi connectivity index (χ4v) is 4.84. The van der Waals surface area contributed by atoms with E-state index in [9.17, 15) is 23.4 Å². The maximum atomic E-state index is 11.5. The van der Waals surface area contributed by atoms with Crippen LogP contribution in [0.25, 0.3) is 0 Å². The van der Waals surface area contributed by atoms with Gasteiger partial charge in [-0.3, -0.25) is 4.79 Å². The molecule has 0 bridgehead atoms. The Hall–Kier alpha value is -0.660. The van der Waals surface area contributed by atoms with Crippen LogP contribution in [0.5, 0.6) is 0 Å². The van der Waals surface area contributed by atoms with E-state index in [2.05, 4.69) is 5.32 Å². The lowest BCUT2D eigenvalue weighted by Gasteiger charge is -2.43. The second kappa shape index (κ2) is 3.93. The minimum Gasteiger partial charge on any atom is -0.481 e. The molecule has 0 aromatic carbocycles. The van der Waals surface area contributed by atoms with Gasteiger partial charge in [0.1, 0.15) is 5.41 Å². The van der Waals surface area contributed by atoms with E-state index in [0.29, 0.717) is 19.4 Å². The van der Waals surface area contributed by atoms with Gasteiger partial charge in [-0.15, -0.1) is 0 Å². The van der Waals surface area contributed by atoms with E-state index < -0.39 is 32.6 Å². The van der Waals surface area contributed by atoms with Crippen molar-refractivity contribution in [3.8, 4) is 0 Å². The monoisotopic (exact) mass is 263 g/mol. The standard InChI is InChI=1S/C10H17NO5S/c12-8(13)9(2-1-4-11-6-9)10(14)3-5-17(15,16)7-10/h11,14H,1-7H2,(H,12,13). The summed E-state index contributed by atoms with van der Waals surface area (Å²) in [6.45, 7) is 0.839. The largest absolute Gasteiger partial charge is 0.481 e. The number of carboxylic acid groups (broad SMARTS) is 1. The highest BCUT2D eigenvalue weighted by Gasteiger charge is 2.60. The van der Waals surface area contributed by atoms with Crippen LogP contribution in [-0.2, 0) is 14.6 Å². The van der Waals surface area contributed by atoms with Gasteiger partial charge in [0.2, 0.25) is 0 Å². The molecule has 2 fully saturated rings. The van der Waals surface area contributed by atoms with Gasteiger partial charge in [0, 0.05) is 6.54 Å². The lowest BCUT2D eigenvalue weighted by atomic mass is 9.67. The molecule has 0 spiro atoms. The molecule has 2 heterocycles. The molecule has 98 valence electrons. The van der Waals surface area contributed by atoms with Crippen molar-refractivity contribution in [1.82, 2.24) is 5.32 Å². The fraction of sp³-hybridized carbons (Fsp3) is 0.900. The van der Waals surface area contributed by atoms with E-state index in [-0.39, 0.29) is 18.7 Å². The molecule has 0 saturated carbocycles. The summed E-state index contributed by atoms with van der Waals surface area (Å²) in [6.07, 6.45) is 0.972. The molecule has 0 aromatic rings. The zero-order valence-electron chi connectivity index (χ0n) is 9.48. The topological polar surface area (TPSA) is 104 Å². The average molecular weight is 263 g/mol. The van der Waals surface area contributed by atoms with E-state index in [1.807, 2.05) is 0 Å². The third-order valence-electron chi connectivity index (χ3n) is 3.97. The van der Waals surface area contributed by atoms with Crippen LogP contribution >= 0.6 is 0 Å². The van der Waals surface area contributed by atoms with Crippen LogP contribution in [0.1, 0.15) is 19.3 Å². The van der Waals surface area contributed by atoms with Crippen molar-refractivity contribution >= 4 is 15.8 Å². The number of rotatable bonds is 2. The lowest BCUT2D eigenvalue weighted by molar-refractivity contribution is -0.169. The average Bonchev–Trinajstić information content (AvgIpc) is 2.55. The van der Waals surface area contributed by atoms with Crippen LogP contribution in [0, 0.1) is 5.41 Å². The Labute approximate surface area is 99.9 Å². The molecule has 2 aliphatic heterocycles. The molecule has 3 N–H and O–H groups in total. The van der Waals surface area contributed by atoms with E-state index in [1.165, 1.54) is 0 Å². The maximum absolute atomic E-state index is 11.5. The molecular formula is C10H17NO5S. The van der Waals surface area contributed by atoms with Gasteiger partial charge in [-0.2, -0.15) is 0 Å². The summed E-state index contributed by atoms with van der Waals surface area (Å²) in [4.78, 5) is 11.5. The van der Waals surface area contributed by atoms with Gasteiger partial charge in [0.25, 0.3) is 0 Å². The van der Waals surface area contributed by atoms with Crippen LogP contribution in [0.4, 0.5) is 0 Å². The van der Waals surface area contributed by atoms with Crippen LogP contribution in [0.2, 0.25) is 0 Å². The lowest BCUT2D eigenvalue weighted by Crippen LogP contribution is -2.61. The van der Waals surface area contributed by atoms with Crippen molar-refractivity contribution in [2.75, 3.05) is 24.6 Å². The zero-order valence-corrected chi connectivity index (χ0v) is 10.3. The van der Waals surface area contributed by atoms with Gasteiger partial charge in [0.05, 0.1) is 17.1 Å². The van der Waals surface area contributed by atoms with E-state index in [4.69, 9.17) is 0 Å². The Balaban J connectivity index is 2.37. The molecule has 2 atom stereocenters. The predicted octanol–water partition coefficient (Wildman–Crippen LogP) is -1.01. The first-order valence-corrected chi connectivity index (χ1v) is 7.50. The fourth-order valence-electron chi connectivity index (χ4n) is 2.89. The second-order valence-electron chi connectivity index (χ2n) is 5.04. The zero-order chi connectivity index (χ0) is 12.7. The minimum atomic E-state index is -3.32. The molecule has 2 saturated heterocycles. The number of carbonyl (C=O) groups is 1. The summed E-state index contributed by atoms with van der Waals surface area (Å²) < 4.78 is 23.0. The number of aliphatic hydroxyl groups is 1. The van der Waals surface area contributed by atoms with Gasteiger partial charge in [-0.25, -0.2) is 8.42 Å². The summed E-state index contributed by atoms with van der Waals surface area (Å²) in [5, 5.41) is 22.8. The number of sulfone groups is 1. The first-order chi connectivity index (χ1) is 7.81. The van der Waals surface area contributed by atoms with Crippen LogP contribution in [0.15, 0.2) is 0 Å². The maximum Gasteiger partial charge on any atom is 0.313 e. The normalized spacial score (nSPS) is 41.2. The van der Waals surface area contributed by atoms with Crippen molar-refractivity contribution in [1.29, 1.82) is 0 Å². The van der Waals surface area contributed by atoms with Crippen LogP contribution < -0.4 is 5.32 Å². The summed E-state index contributed by atoms with van der Waals surface area (Å²) in [5.74, 6) is -1.67. The Morgan fingerprint density at radius 2 is 2.00 bits per heavy atom. The molecule has 7 heteroatoms. The van der Waals surface area contributed by atoms with E-state index in [0.717, 1.165) is 0 Å². The van der Waals surface area contributed by atoms with Crippen molar-refractivity contribution in [3.05, 3.63) is 0 Å². The predicted molar refractivity (Wildman–Crippen MR) is 60.4 cm³/mol. The quantitative estimate of drug-likeness (QED) is 0.590. The Kier molecular flexibility index (Phi) is 2.95. The van der Waals surface area contributed by atoms with Crippen molar-refractivity contribution in [2.24, 2.45) is 5.41 Å². The van der Waals surface area contributed by atoms with E-state index in [1.54, 1.807) is 0 Å². The minimum absolute atomic E-state index is 0.0172. The number of nitrogens with one attached hydrogen (secondary N) is 1. The molecule has 6 nitrogen and oxygen atoms in total. The Morgan fingerprint density at radius 1 is 1.29 bits per heavy atom. The summed E-state index contributed by atoms with van der Waals surface area (Å²) >= 11 is 0. The molecular weight excluding hydrogens is 246 g/mol. The number of carboxylic acids is 1. The third-order valence-corrected chi connectivity index (χ3v) is 5.71. The Bertz CT molecular complexity index is 426. The molecule has 2 unspecified atom stereocenters. The SMILES string of the molecule is O=C(O)C1(C2(O)CCS(=O)(=O)C2)CCCNC1. The number of hydrogen-bond donors (Lipinski definition) is 3. The van der Waals surface area contributed by atoms with Crippen molar-refractivity contribution in [3.63, 3.8) is 0 Å². The van der Waals surface area contributed by atoms with Crippen molar-refractivity contribution < 1.29 is 23.4 Å². The summed E-state index contributed by atoms with van der Waals surface area (Å²) in [6, 6.07) is 0. The first-order valence-electron chi connectivity index (χ1n) is 5.68. The van der Waals surface area contributed by atoms with Crippen molar-refractivity contribution in [2.45, 2.75) is 24.9 Å². The summed E-state index contributed by atoms with van der Waals surface area (Å²) in [7, 11) is -3.32. The molecule has 0 aromatic heterocycles. The Morgan fingerprint density at radius 3 is 2.41 bits per heavy atom. The number of aliphatic carboxylic acids is 1. The second-order valence-corrected chi connectivity index (χ2v) is 7.23. The third kappa shape index (κ3) is 1.96. The molecule has 2 rings (SSSR count). The van der Waals surface area contributed by atoms with Crippen LogP contribution in [-0.4, -0.2) is 54.8 Å². The van der Waals surface area contributed by atoms with Crippen LogP contribution in [0.3, 0.4) is 0 Å². The smallest absolute Gasteiger partial charge is 0.313 e. The first kappa shape index (κ1) is 12.8. The molecule has 17 heavy (non-hydrogen) atoms. The highest BCUT2D eigenvalue weighted by atomic mass is 32.2. The van der Waals surface area contributed by atoms with Gasteiger partial charge in [-0.05, 0) is 25.8 Å². The highest BCUT2D eigenvalue weighted by Crippen LogP contribution is 2.44. The van der Waals surface area contributed by atoms with Gasteiger partial charge >= 0.3 is 5.97 Å². The van der Waals surface area contributed by atoms with Gasteiger partial charge < -0.3 is 15.5 Å². The molecule has 2 aliphatic rings. The van der Waals surface area contributed by atoms with E-state index >= 15 is 0 Å². The summed E-state index contributed by atoms with van der Waals surface area (Å²) in [5.41, 5.74) is -3.00. The molecule has 0 amide bonds. The molecule has 0 radical (unpaired) electrons. The number of hydrogen-bond acceptors (Lipinski definition) is 5. The molecule has 0 aliphatic carbocycles. The van der Waals surface area contributed by atoms with Gasteiger partial charge in [0.15, 0.2) is 9.84 Å². The van der Waals surface area contributed by atoms with Gasteiger partial charge in [-0.1, -0.05) is 0 Å². The number of piperidine rings is 1. The highest BCUT2D eigenvalue weighted by molar-refractivity contribution is 7.91.